The van der Waals surface area contributed by atoms with E-state index < -0.39 is 0 Å². The molecule has 2 aromatic carbocycles. The number of carbonyl (C=O) groups is 1. The van der Waals surface area contributed by atoms with Gasteiger partial charge in [0.25, 0.3) is 0 Å². The van der Waals surface area contributed by atoms with Crippen LogP contribution in [-0.2, 0) is 16.1 Å². The van der Waals surface area contributed by atoms with Gasteiger partial charge in [-0.05, 0) is 29.8 Å². The first-order valence-electron chi connectivity index (χ1n) is 9.16. The van der Waals surface area contributed by atoms with Gasteiger partial charge in [-0.15, -0.1) is 11.8 Å². The summed E-state index contributed by atoms with van der Waals surface area (Å²) in [6, 6.07) is 15.0. The number of rotatable bonds is 7. The Hall–Kier alpha value is -2.05. The monoisotopic (exact) mass is 388 g/mol. The van der Waals surface area contributed by atoms with Crippen LogP contribution in [0.25, 0.3) is 0 Å². The number of halogens is 1. The fraction of sp³-hybridized carbons (Fsp3) is 0.381. The van der Waals surface area contributed by atoms with Crippen molar-refractivity contribution in [1.82, 2.24) is 4.90 Å². The molecule has 1 fully saturated rings. The van der Waals surface area contributed by atoms with Crippen molar-refractivity contribution in [3.63, 3.8) is 0 Å². The molecule has 6 heteroatoms. The lowest BCUT2D eigenvalue weighted by atomic mass is 10.1. The fourth-order valence-electron chi connectivity index (χ4n) is 3.00. The van der Waals surface area contributed by atoms with E-state index in [-0.39, 0.29) is 11.7 Å². The molecule has 4 nitrogen and oxygen atoms in total. The van der Waals surface area contributed by atoms with Crippen LogP contribution in [0.1, 0.15) is 12.0 Å². The molecule has 1 aliphatic heterocycles. The number of morpholine rings is 1. The highest BCUT2D eigenvalue weighted by Crippen LogP contribution is 2.22. The molecule has 1 saturated heterocycles. The van der Waals surface area contributed by atoms with Gasteiger partial charge in [0.2, 0.25) is 5.91 Å². The predicted molar refractivity (Wildman–Crippen MR) is 108 cm³/mol. The van der Waals surface area contributed by atoms with Crippen molar-refractivity contribution in [3.05, 3.63) is 59.9 Å². The summed E-state index contributed by atoms with van der Waals surface area (Å²) < 4.78 is 19.0. The summed E-state index contributed by atoms with van der Waals surface area (Å²) in [6.45, 7) is 3.94. The summed E-state index contributed by atoms with van der Waals surface area (Å²) >= 11 is 1.38. The molecule has 0 N–H and O–H groups in total. The third-order valence-electron chi connectivity index (χ3n) is 4.57. The lowest BCUT2D eigenvalue weighted by molar-refractivity contribution is -0.129. The SMILES string of the molecule is CN(Cc1ccc(N2CCOCC2)cc1)C(=O)CCSc1ccccc1F. The number of nitrogens with zero attached hydrogens (tertiary/aromatic N) is 2. The van der Waals surface area contributed by atoms with E-state index in [2.05, 4.69) is 29.2 Å². The summed E-state index contributed by atoms with van der Waals surface area (Å²) in [5.41, 5.74) is 2.29. The molecular weight excluding hydrogens is 363 g/mol. The van der Waals surface area contributed by atoms with Gasteiger partial charge < -0.3 is 14.5 Å². The van der Waals surface area contributed by atoms with Crippen LogP contribution in [0.4, 0.5) is 10.1 Å². The number of ether oxygens (including phenoxy) is 1. The average molecular weight is 389 g/mol. The molecule has 1 amide bonds. The molecule has 0 bridgehead atoms. The van der Waals surface area contributed by atoms with E-state index in [0.29, 0.717) is 23.6 Å². The van der Waals surface area contributed by atoms with Gasteiger partial charge in [0, 0.05) is 49.4 Å². The number of benzene rings is 2. The van der Waals surface area contributed by atoms with Crippen LogP contribution in [0.15, 0.2) is 53.4 Å². The Labute approximate surface area is 164 Å². The van der Waals surface area contributed by atoms with Gasteiger partial charge in [-0.2, -0.15) is 0 Å². The number of carbonyl (C=O) groups excluding carboxylic acids is 1. The predicted octanol–water partition coefficient (Wildman–Crippen LogP) is 3.80. The Morgan fingerprint density at radius 1 is 1.15 bits per heavy atom. The Balaban J connectivity index is 1.45. The van der Waals surface area contributed by atoms with Gasteiger partial charge in [0.05, 0.1) is 13.2 Å². The molecule has 3 rings (SSSR count). The quantitative estimate of drug-likeness (QED) is 0.676. The maximum atomic E-state index is 13.6. The number of anilines is 1. The van der Waals surface area contributed by atoms with Crippen molar-refractivity contribution in [2.45, 2.75) is 17.9 Å². The lowest BCUT2D eigenvalue weighted by Crippen LogP contribution is -2.36. The average Bonchev–Trinajstić information content (AvgIpc) is 2.70. The van der Waals surface area contributed by atoms with Gasteiger partial charge >= 0.3 is 0 Å². The first-order chi connectivity index (χ1) is 13.1. The standard InChI is InChI=1S/C21H25FN2O2S/c1-23(21(25)10-15-27-20-5-3-2-4-19(20)22)16-17-6-8-18(9-7-17)24-11-13-26-14-12-24/h2-9H,10-16H2,1H3. The van der Waals surface area contributed by atoms with Crippen molar-refractivity contribution in [3.8, 4) is 0 Å². The second-order valence-electron chi connectivity index (χ2n) is 6.54. The number of thioether (sulfide) groups is 1. The summed E-state index contributed by atoms with van der Waals surface area (Å²) in [5.74, 6) is 0.403. The Morgan fingerprint density at radius 3 is 2.56 bits per heavy atom. The zero-order valence-electron chi connectivity index (χ0n) is 15.6. The lowest BCUT2D eigenvalue weighted by Gasteiger charge is -2.29. The van der Waals surface area contributed by atoms with E-state index in [1.165, 1.54) is 23.5 Å². The summed E-state index contributed by atoms with van der Waals surface area (Å²) in [7, 11) is 1.81. The first-order valence-corrected chi connectivity index (χ1v) is 10.1. The van der Waals surface area contributed by atoms with E-state index >= 15 is 0 Å². The topological polar surface area (TPSA) is 32.8 Å². The first kappa shape index (κ1) is 19.7. The van der Waals surface area contributed by atoms with Crippen LogP contribution in [0.5, 0.6) is 0 Å². The summed E-state index contributed by atoms with van der Waals surface area (Å²) in [4.78, 5) is 17.0. The molecule has 0 aromatic heterocycles. The third-order valence-corrected chi connectivity index (χ3v) is 5.62. The van der Waals surface area contributed by atoms with Crippen LogP contribution in [0.2, 0.25) is 0 Å². The second kappa shape index (κ2) is 9.76. The van der Waals surface area contributed by atoms with Crippen molar-refractivity contribution in [1.29, 1.82) is 0 Å². The highest BCUT2D eigenvalue weighted by molar-refractivity contribution is 7.99. The highest BCUT2D eigenvalue weighted by atomic mass is 32.2. The van der Waals surface area contributed by atoms with Crippen molar-refractivity contribution in [2.24, 2.45) is 0 Å². The molecule has 2 aromatic rings. The largest absolute Gasteiger partial charge is 0.378 e. The normalized spacial score (nSPS) is 14.2. The highest BCUT2D eigenvalue weighted by Gasteiger charge is 2.13. The zero-order chi connectivity index (χ0) is 19.1. The molecule has 1 aliphatic rings. The zero-order valence-corrected chi connectivity index (χ0v) is 16.4. The van der Waals surface area contributed by atoms with E-state index in [1.54, 1.807) is 23.1 Å². The minimum atomic E-state index is -0.233. The van der Waals surface area contributed by atoms with E-state index in [4.69, 9.17) is 4.74 Å². The van der Waals surface area contributed by atoms with Crippen LogP contribution in [-0.4, -0.2) is 49.9 Å². The summed E-state index contributed by atoms with van der Waals surface area (Å²) in [5, 5.41) is 0. The van der Waals surface area contributed by atoms with Crippen LogP contribution in [0.3, 0.4) is 0 Å². The molecule has 144 valence electrons. The minimum absolute atomic E-state index is 0.0658. The smallest absolute Gasteiger partial charge is 0.223 e. The molecular formula is C21H25FN2O2S. The number of hydrogen-bond donors (Lipinski definition) is 0. The van der Waals surface area contributed by atoms with Gasteiger partial charge in [-0.3, -0.25) is 4.79 Å². The van der Waals surface area contributed by atoms with Crippen LogP contribution >= 0.6 is 11.8 Å². The van der Waals surface area contributed by atoms with Crippen molar-refractivity contribution >= 4 is 23.4 Å². The van der Waals surface area contributed by atoms with Crippen LogP contribution < -0.4 is 4.90 Å². The van der Waals surface area contributed by atoms with Gasteiger partial charge in [-0.1, -0.05) is 24.3 Å². The van der Waals surface area contributed by atoms with Crippen LogP contribution in [0, 0.1) is 5.82 Å². The molecule has 0 unspecified atom stereocenters. The molecule has 0 aliphatic carbocycles. The van der Waals surface area contributed by atoms with E-state index in [1.807, 2.05) is 7.05 Å². The third kappa shape index (κ3) is 5.71. The van der Waals surface area contributed by atoms with E-state index in [0.717, 1.165) is 31.9 Å². The minimum Gasteiger partial charge on any atom is -0.378 e. The molecule has 27 heavy (non-hydrogen) atoms. The Morgan fingerprint density at radius 2 is 1.85 bits per heavy atom. The molecule has 0 spiro atoms. The maximum Gasteiger partial charge on any atom is 0.223 e. The Kier molecular flexibility index (Phi) is 7.12. The fourth-order valence-corrected chi connectivity index (χ4v) is 3.87. The van der Waals surface area contributed by atoms with Crippen molar-refractivity contribution in [2.75, 3.05) is 44.0 Å². The molecule has 0 radical (unpaired) electrons. The summed E-state index contributed by atoms with van der Waals surface area (Å²) in [6.07, 6.45) is 0.390. The van der Waals surface area contributed by atoms with Gasteiger partial charge in [-0.25, -0.2) is 4.39 Å². The molecule has 0 atom stereocenters. The number of amides is 1. The van der Waals surface area contributed by atoms with E-state index in [9.17, 15) is 9.18 Å². The molecule has 1 heterocycles. The van der Waals surface area contributed by atoms with Gasteiger partial charge in [0.1, 0.15) is 5.82 Å². The van der Waals surface area contributed by atoms with Gasteiger partial charge in [0.15, 0.2) is 0 Å². The maximum absolute atomic E-state index is 13.6. The second-order valence-corrected chi connectivity index (χ2v) is 7.68. The Bertz CT molecular complexity index is 748. The molecule has 0 saturated carbocycles. The van der Waals surface area contributed by atoms with Crippen molar-refractivity contribution < 1.29 is 13.9 Å². The number of hydrogen-bond acceptors (Lipinski definition) is 4.